The SMILES string of the molecule is C=C(Cc1nc(CCc2ccc(CCC)cc2)no1)C(=O)OC(C)(C)C. The Morgan fingerprint density at radius 1 is 1.12 bits per heavy atom. The van der Waals surface area contributed by atoms with Gasteiger partial charge in [0.2, 0.25) is 5.89 Å². The second-order valence-electron chi connectivity index (χ2n) is 7.45. The Morgan fingerprint density at radius 2 is 1.73 bits per heavy atom. The molecule has 0 radical (unpaired) electrons. The second kappa shape index (κ2) is 8.79. The lowest BCUT2D eigenvalue weighted by atomic mass is 10.0. The Bertz CT molecular complexity index is 739. The summed E-state index contributed by atoms with van der Waals surface area (Å²) in [5.74, 6) is 0.577. The number of aromatic nitrogens is 2. The van der Waals surface area contributed by atoms with Gasteiger partial charge in [0.15, 0.2) is 5.82 Å². The molecule has 0 spiro atoms. The normalized spacial score (nSPS) is 11.4. The van der Waals surface area contributed by atoms with Crippen LogP contribution >= 0.6 is 0 Å². The monoisotopic (exact) mass is 356 g/mol. The predicted octanol–water partition coefficient (Wildman–Crippen LogP) is 4.25. The topological polar surface area (TPSA) is 65.2 Å². The fourth-order valence-corrected chi connectivity index (χ4v) is 2.49. The summed E-state index contributed by atoms with van der Waals surface area (Å²) in [5, 5.41) is 3.99. The van der Waals surface area contributed by atoms with Crippen molar-refractivity contribution in [3.05, 3.63) is 59.3 Å². The van der Waals surface area contributed by atoms with E-state index in [1.54, 1.807) is 0 Å². The molecule has 0 amide bonds. The second-order valence-corrected chi connectivity index (χ2v) is 7.45. The van der Waals surface area contributed by atoms with Crippen LogP contribution in [0.1, 0.15) is 57.0 Å². The molecule has 1 aromatic carbocycles. The highest BCUT2D eigenvalue weighted by molar-refractivity contribution is 5.88. The number of hydrogen-bond acceptors (Lipinski definition) is 5. The summed E-state index contributed by atoms with van der Waals surface area (Å²) in [6.45, 7) is 11.4. The smallest absolute Gasteiger partial charge is 0.334 e. The summed E-state index contributed by atoms with van der Waals surface area (Å²) < 4.78 is 10.5. The molecule has 0 N–H and O–H groups in total. The van der Waals surface area contributed by atoms with Crippen LogP contribution in [0.4, 0.5) is 0 Å². The molecule has 0 unspecified atom stereocenters. The van der Waals surface area contributed by atoms with E-state index in [0.717, 1.165) is 19.3 Å². The van der Waals surface area contributed by atoms with Crippen molar-refractivity contribution in [1.29, 1.82) is 0 Å². The van der Waals surface area contributed by atoms with Gasteiger partial charge in [-0.15, -0.1) is 0 Å². The summed E-state index contributed by atoms with van der Waals surface area (Å²) in [6, 6.07) is 8.64. The predicted molar refractivity (Wildman–Crippen MR) is 101 cm³/mol. The Labute approximate surface area is 155 Å². The molecule has 0 atom stereocenters. The van der Waals surface area contributed by atoms with Crippen molar-refractivity contribution in [3.63, 3.8) is 0 Å². The van der Waals surface area contributed by atoms with E-state index in [4.69, 9.17) is 9.26 Å². The highest BCUT2D eigenvalue weighted by Gasteiger charge is 2.20. The number of rotatable bonds is 8. The van der Waals surface area contributed by atoms with Crippen molar-refractivity contribution in [3.8, 4) is 0 Å². The number of esters is 1. The van der Waals surface area contributed by atoms with Crippen molar-refractivity contribution in [2.45, 2.75) is 65.4 Å². The lowest BCUT2D eigenvalue weighted by molar-refractivity contribution is -0.150. The molecule has 0 aliphatic heterocycles. The first-order valence-electron chi connectivity index (χ1n) is 9.07. The Balaban J connectivity index is 1.85. The van der Waals surface area contributed by atoms with Gasteiger partial charge in [-0.1, -0.05) is 49.3 Å². The van der Waals surface area contributed by atoms with Crippen molar-refractivity contribution in [2.24, 2.45) is 0 Å². The van der Waals surface area contributed by atoms with Gasteiger partial charge in [0.05, 0.1) is 6.42 Å². The van der Waals surface area contributed by atoms with Crippen molar-refractivity contribution < 1.29 is 14.1 Å². The fraction of sp³-hybridized carbons (Fsp3) is 0.476. The molecule has 1 aromatic heterocycles. The summed E-state index contributed by atoms with van der Waals surface area (Å²) in [6.07, 6.45) is 4.00. The van der Waals surface area contributed by atoms with Crippen molar-refractivity contribution in [1.82, 2.24) is 10.1 Å². The largest absolute Gasteiger partial charge is 0.457 e. The van der Waals surface area contributed by atoms with Crippen LogP contribution < -0.4 is 0 Å². The number of hydrogen-bond donors (Lipinski definition) is 0. The molecule has 5 nitrogen and oxygen atoms in total. The van der Waals surface area contributed by atoms with Gasteiger partial charge >= 0.3 is 5.97 Å². The van der Waals surface area contributed by atoms with Gasteiger partial charge in [0.25, 0.3) is 0 Å². The van der Waals surface area contributed by atoms with Gasteiger partial charge in [-0.2, -0.15) is 4.98 Å². The molecule has 0 saturated heterocycles. The number of carbonyl (C=O) groups excluding carboxylic acids is 1. The van der Waals surface area contributed by atoms with Gasteiger partial charge in [0.1, 0.15) is 5.60 Å². The lowest BCUT2D eigenvalue weighted by Crippen LogP contribution is -2.25. The van der Waals surface area contributed by atoms with Crippen molar-refractivity contribution in [2.75, 3.05) is 0 Å². The summed E-state index contributed by atoms with van der Waals surface area (Å²) in [7, 11) is 0. The van der Waals surface area contributed by atoms with E-state index in [1.807, 2.05) is 20.8 Å². The van der Waals surface area contributed by atoms with Crippen LogP contribution in [0.5, 0.6) is 0 Å². The highest BCUT2D eigenvalue weighted by Crippen LogP contribution is 2.14. The van der Waals surface area contributed by atoms with E-state index in [9.17, 15) is 4.79 Å². The summed E-state index contributed by atoms with van der Waals surface area (Å²) in [5.41, 5.74) is 2.36. The lowest BCUT2D eigenvalue weighted by Gasteiger charge is -2.19. The third-order valence-electron chi connectivity index (χ3n) is 3.76. The van der Waals surface area contributed by atoms with Gasteiger partial charge in [0, 0.05) is 12.0 Å². The van der Waals surface area contributed by atoms with E-state index in [1.165, 1.54) is 11.1 Å². The third kappa shape index (κ3) is 6.47. The van der Waals surface area contributed by atoms with Crippen LogP contribution in [0, 0.1) is 0 Å². The quantitative estimate of drug-likeness (QED) is 0.523. The van der Waals surface area contributed by atoms with Crippen LogP contribution in [0.25, 0.3) is 0 Å². The minimum atomic E-state index is -0.549. The summed E-state index contributed by atoms with van der Waals surface area (Å²) in [4.78, 5) is 16.3. The van der Waals surface area contributed by atoms with E-state index in [0.29, 0.717) is 23.7 Å². The van der Waals surface area contributed by atoms with Gasteiger partial charge in [-0.05, 0) is 44.7 Å². The average Bonchev–Trinajstić information content (AvgIpc) is 3.00. The first kappa shape index (κ1) is 19.9. The molecular formula is C21H28N2O3. The molecule has 1 heterocycles. The molecule has 0 aliphatic rings. The van der Waals surface area contributed by atoms with E-state index < -0.39 is 11.6 Å². The number of ether oxygens (including phenoxy) is 1. The summed E-state index contributed by atoms with van der Waals surface area (Å²) >= 11 is 0. The Kier molecular flexibility index (Phi) is 6.72. The molecule has 0 fully saturated rings. The van der Waals surface area contributed by atoms with Gasteiger partial charge < -0.3 is 9.26 Å². The molecule has 140 valence electrons. The maximum Gasteiger partial charge on any atom is 0.334 e. The van der Waals surface area contributed by atoms with Gasteiger partial charge in [-0.25, -0.2) is 4.79 Å². The zero-order chi connectivity index (χ0) is 19.2. The third-order valence-corrected chi connectivity index (χ3v) is 3.76. The highest BCUT2D eigenvalue weighted by atomic mass is 16.6. The van der Waals surface area contributed by atoms with E-state index in [-0.39, 0.29) is 6.42 Å². The van der Waals surface area contributed by atoms with Crippen molar-refractivity contribution >= 4 is 5.97 Å². The van der Waals surface area contributed by atoms with Crippen LogP contribution in [0.3, 0.4) is 0 Å². The Morgan fingerprint density at radius 3 is 2.31 bits per heavy atom. The minimum Gasteiger partial charge on any atom is -0.457 e. The molecule has 0 bridgehead atoms. The molecule has 0 saturated carbocycles. The molecule has 0 aliphatic carbocycles. The zero-order valence-electron chi connectivity index (χ0n) is 16.2. The first-order valence-corrected chi connectivity index (χ1v) is 9.07. The molecule has 2 aromatic rings. The molecule has 2 rings (SSSR count). The zero-order valence-corrected chi connectivity index (χ0v) is 16.2. The first-order chi connectivity index (χ1) is 12.3. The maximum atomic E-state index is 11.9. The van der Waals surface area contributed by atoms with Crippen LogP contribution in [0.2, 0.25) is 0 Å². The van der Waals surface area contributed by atoms with Crippen LogP contribution in [-0.4, -0.2) is 21.7 Å². The molecule has 5 heteroatoms. The van der Waals surface area contributed by atoms with Gasteiger partial charge in [-0.3, -0.25) is 0 Å². The number of nitrogens with zero attached hydrogens (tertiary/aromatic N) is 2. The Hall–Kier alpha value is -2.43. The average molecular weight is 356 g/mol. The number of carbonyl (C=O) groups is 1. The fourth-order valence-electron chi connectivity index (χ4n) is 2.49. The van der Waals surface area contributed by atoms with E-state index >= 15 is 0 Å². The van der Waals surface area contributed by atoms with E-state index in [2.05, 4.69) is 47.9 Å². The van der Waals surface area contributed by atoms with Crippen LogP contribution in [-0.2, 0) is 35.2 Å². The molecular weight excluding hydrogens is 328 g/mol. The maximum absolute atomic E-state index is 11.9. The standard InChI is InChI=1S/C21H28N2O3/c1-6-7-16-8-10-17(11-9-16)12-13-18-22-19(26-23-18)14-15(2)20(24)25-21(3,4)5/h8-11H,2,6-7,12-14H2,1,3-5H3. The van der Waals surface area contributed by atoms with Crippen LogP contribution in [0.15, 0.2) is 40.9 Å². The number of aryl methyl sites for hydroxylation is 3. The number of benzene rings is 1. The minimum absolute atomic E-state index is 0.202. The molecule has 26 heavy (non-hydrogen) atoms.